The molecule has 0 bridgehead atoms. The van der Waals surface area contributed by atoms with Gasteiger partial charge < -0.3 is 4.74 Å². The number of carbonyl (C=O) groups excluding carboxylic acids is 2. The van der Waals surface area contributed by atoms with Crippen molar-refractivity contribution in [2.75, 3.05) is 7.05 Å². The number of sulfonamides is 1. The van der Waals surface area contributed by atoms with Crippen LogP contribution in [0.15, 0.2) is 89.5 Å². The first-order valence-corrected chi connectivity index (χ1v) is 12.9. The predicted molar refractivity (Wildman–Crippen MR) is 138 cm³/mol. The van der Waals surface area contributed by atoms with E-state index in [4.69, 9.17) is 16.3 Å². The van der Waals surface area contributed by atoms with Crippen LogP contribution in [0.4, 0.5) is 4.39 Å². The molecule has 0 atom stereocenters. The second-order valence-corrected chi connectivity index (χ2v) is 10.9. The zero-order valence-electron chi connectivity index (χ0n) is 19.7. The Balaban J connectivity index is 1.73. The van der Waals surface area contributed by atoms with Gasteiger partial charge in [-0.15, -0.1) is 0 Å². The lowest BCUT2D eigenvalue weighted by Crippen LogP contribution is -2.36. The summed E-state index contributed by atoms with van der Waals surface area (Å²) in [6.45, 7) is 1.66. The van der Waals surface area contributed by atoms with Crippen molar-refractivity contribution < 1.29 is 27.1 Å². The maximum atomic E-state index is 14.3. The van der Waals surface area contributed by atoms with Gasteiger partial charge >= 0.3 is 5.97 Å². The Bertz CT molecular complexity index is 1760. The number of likely N-dealkylation sites (N-methyl/N-ethyl adjacent to an activating group) is 1. The van der Waals surface area contributed by atoms with Gasteiger partial charge in [0.2, 0.25) is 5.78 Å². The Morgan fingerprint density at radius 1 is 0.919 bits per heavy atom. The van der Waals surface area contributed by atoms with E-state index in [0.717, 1.165) is 33.3 Å². The molecular weight excluding hydrogens is 517 g/mol. The number of Topliss-reactive ketones (excluding diaryl/α,β-unsaturated/α-hetero) is 1. The molecule has 9 heteroatoms. The van der Waals surface area contributed by atoms with Crippen molar-refractivity contribution in [3.05, 3.63) is 118 Å². The number of hydrogen-bond acceptors (Lipinski definition) is 5. The molecule has 0 saturated heterocycles. The van der Waals surface area contributed by atoms with E-state index in [-0.39, 0.29) is 27.3 Å². The van der Waals surface area contributed by atoms with E-state index in [2.05, 4.69) is 0 Å². The first-order valence-electron chi connectivity index (χ1n) is 11.1. The summed E-state index contributed by atoms with van der Waals surface area (Å²) < 4.78 is 47.5. The fraction of sp³-hybridized carbons (Fsp3) is 0.0714. The Kier molecular flexibility index (Phi) is 6.09. The Morgan fingerprint density at radius 2 is 1.65 bits per heavy atom. The van der Waals surface area contributed by atoms with Gasteiger partial charge in [0.05, 0.1) is 10.5 Å². The van der Waals surface area contributed by atoms with Crippen molar-refractivity contribution in [3.8, 4) is 0 Å². The highest BCUT2D eigenvalue weighted by atomic mass is 35.5. The number of esters is 1. The average Bonchev–Trinajstić information content (AvgIpc) is 2.86. The molecule has 0 radical (unpaired) electrons. The number of allylic oxidation sites excluding steroid dienone is 1. The number of fused-ring (bicyclic) bond motifs is 2. The second-order valence-electron chi connectivity index (χ2n) is 8.53. The monoisotopic (exact) mass is 535 g/mol. The molecule has 6 nitrogen and oxygen atoms in total. The predicted octanol–water partition coefficient (Wildman–Crippen LogP) is 5.98. The summed E-state index contributed by atoms with van der Waals surface area (Å²) in [4.78, 5) is 26.7. The summed E-state index contributed by atoms with van der Waals surface area (Å²) in [7, 11) is -3.06. The van der Waals surface area contributed by atoms with Gasteiger partial charge in [-0.05, 0) is 65.7 Å². The normalized spacial score (nSPS) is 14.4. The number of ether oxygens (including phenoxy) is 1. The van der Waals surface area contributed by atoms with Gasteiger partial charge in [-0.3, -0.25) is 9.10 Å². The first kappa shape index (κ1) is 24.7. The van der Waals surface area contributed by atoms with Crippen LogP contribution in [0.25, 0.3) is 16.5 Å². The Morgan fingerprint density at radius 3 is 2.38 bits per heavy atom. The molecule has 1 heterocycles. The molecule has 5 rings (SSSR count). The molecule has 1 aliphatic rings. The Labute approximate surface area is 217 Å². The zero-order chi connectivity index (χ0) is 26.5. The van der Waals surface area contributed by atoms with E-state index in [1.807, 2.05) is 24.3 Å². The van der Waals surface area contributed by atoms with Crippen LogP contribution in [0.2, 0.25) is 5.02 Å². The number of halogens is 2. The second kappa shape index (κ2) is 9.14. The molecule has 0 aliphatic carbocycles. The fourth-order valence-electron chi connectivity index (χ4n) is 4.26. The van der Waals surface area contributed by atoms with E-state index < -0.39 is 33.3 Å². The molecule has 0 spiro atoms. The SMILES string of the molecule is Cc1cc(Cl)ccc1C(=O)OC1=C(C(=O)c2ccc3ccccc3c2)N(C)S(=O)(=O)c2ccc(F)cc21. The van der Waals surface area contributed by atoms with Crippen molar-refractivity contribution in [3.63, 3.8) is 0 Å². The number of nitrogens with zero attached hydrogens (tertiary/aromatic N) is 1. The van der Waals surface area contributed by atoms with E-state index >= 15 is 0 Å². The van der Waals surface area contributed by atoms with Crippen LogP contribution in [-0.4, -0.2) is 31.5 Å². The fourth-order valence-corrected chi connectivity index (χ4v) is 5.86. The number of aryl methyl sites for hydroxylation is 1. The highest BCUT2D eigenvalue weighted by molar-refractivity contribution is 7.89. The summed E-state index contributed by atoms with van der Waals surface area (Å²) in [6, 6.07) is 19.8. The summed E-state index contributed by atoms with van der Waals surface area (Å²) in [5.41, 5.74) is 0.211. The van der Waals surface area contributed by atoms with Crippen molar-refractivity contribution in [1.82, 2.24) is 4.31 Å². The molecule has 4 aromatic rings. The largest absolute Gasteiger partial charge is 0.420 e. The van der Waals surface area contributed by atoms with Crippen LogP contribution < -0.4 is 0 Å². The summed E-state index contributed by atoms with van der Waals surface area (Å²) >= 11 is 6.00. The third-order valence-corrected chi connectivity index (χ3v) is 8.24. The van der Waals surface area contributed by atoms with Gasteiger partial charge in [0, 0.05) is 23.2 Å². The third-order valence-electron chi connectivity index (χ3n) is 6.18. The van der Waals surface area contributed by atoms with E-state index in [1.165, 1.54) is 19.2 Å². The average molecular weight is 536 g/mol. The number of rotatable bonds is 4. The number of hydrogen-bond donors (Lipinski definition) is 0. The summed E-state index contributed by atoms with van der Waals surface area (Å²) in [5, 5.41) is 2.06. The van der Waals surface area contributed by atoms with Crippen molar-refractivity contribution >= 4 is 49.9 Å². The molecule has 0 saturated carbocycles. The van der Waals surface area contributed by atoms with Crippen molar-refractivity contribution in [2.24, 2.45) is 0 Å². The van der Waals surface area contributed by atoms with Crippen LogP contribution in [-0.2, 0) is 14.8 Å². The van der Waals surface area contributed by atoms with Crippen LogP contribution in [0, 0.1) is 12.7 Å². The lowest BCUT2D eigenvalue weighted by atomic mass is 10.0. The quantitative estimate of drug-likeness (QED) is 0.237. The van der Waals surface area contributed by atoms with Crippen LogP contribution in [0.3, 0.4) is 0 Å². The first-order chi connectivity index (χ1) is 17.6. The lowest BCUT2D eigenvalue weighted by Gasteiger charge is -2.30. The van der Waals surface area contributed by atoms with Gasteiger partial charge in [0.1, 0.15) is 11.5 Å². The molecule has 186 valence electrons. The van der Waals surface area contributed by atoms with Crippen LogP contribution in [0.1, 0.15) is 31.8 Å². The van der Waals surface area contributed by atoms with Crippen LogP contribution in [0.5, 0.6) is 0 Å². The lowest BCUT2D eigenvalue weighted by molar-refractivity contribution is 0.0685. The molecular formula is C28H19ClFNO5S. The summed E-state index contributed by atoms with van der Waals surface area (Å²) in [5.74, 6) is -2.67. The molecule has 0 unspecified atom stereocenters. The van der Waals surface area contributed by atoms with E-state index in [1.54, 1.807) is 31.2 Å². The minimum absolute atomic E-state index is 0.156. The molecule has 37 heavy (non-hydrogen) atoms. The van der Waals surface area contributed by atoms with Gasteiger partial charge in [-0.2, -0.15) is 0 Å². The molecule has 0 amide bonds. The summed E-state index contributed by atoms with van der Waals surface area (Å²) in [6.07, 6.45) is 0. The van der Waals surface area contributed by atoms with Gasteiger partial charge in [0.15, 0.2) is 5.76 Å². The zero-order valence-corrected chi connectivity index (χ0v) is 21.2. The number of carbonyl (C=O) groups is 2. The van der Waals surface area contributed by atoms with Crippen molar-refractivity contribution in [2.45, 2.75) is 11.8 Å². The highest BCUT2D eigenvalue weighted by Crippen LogP contribution is 2.39. The maximum absolute atomic E-state index is 14.3. The number of benzene rings is 4. The van der Waals surface area contributed by atoms with Crippen LogP contribution >= 0.6 is 11.6 Å². The minimum atomic E-state index is -4.25. The van der Waals surface area contributed by atoms with Gasteiger partial charge in [0.25, 0.3) is 10.0 Å². The topological polar surface area (TPSA) is 80.8 Å². The third kappa shape index (κ3) is 4.28. The number of ketones is 1. The maximum Gasteiger partial charge on any atom is 0.343 e. The van der Waals surface area contributed by atoms with E-state index in [0.29, 0.717) is 10.6 Å². The van der Waals surface area contributed by atoms with Gasteiger partial charge in [-0.1, -0.05) is 48.0 Å². The molecule has 0 aromatic heterocycles. The molecule has 0 fully saturated rings. The minimum Gasteiger partial charge on any atom is -0.420 e. The van der Waals surface area contributed by atoms with Crippen molar-refractivity contribution in [1.29, 1.82) is 0 Å². The molecule has 1 aliphatic heterocycles. The molecule has 4 aromatic carbocycles. The standard InChI is InChI=1S/C28H19ClFNO5S/c1-16-13-20(29)9-11-22(16)28(33)36-27-23-15-21(30)10-12-24(23)37(34,35)31(2)25(27)26(32)19-8-7-17-5-3-4-6-18(17)14-19/h3-15H,1-2H3. The highest BCUT2D eigenvalue weighted by Gasteiger charge is 2.40. The smallest absolute Gasteiger partial charge is 0.343 e. The Hall–Kier alpha value is -4.01. The van der Waals surface area contributed by atoms with E-state index in [9.17, 15) is 22.4 Å². The van der Waals surface area contributed by atoms with Gasteiger partial charge in [-0.25, -0.2) is 17.6 Å². The molecule has 0 N–H and O–H groups in total.